The van der Waals surface area contributed by atoms with Crippen LogP contribution in [0.5, 0.6) is 6.01 Å². The number of aromatic hydroxyl groups is 1. The van der Waals surface area contributed by atoms with Crippen molar-refractivity contribution in [1.29, 1.82) is 0 Å². The van der Waals surface area contributed by atoms with Gasteiger partial charge in [0.05, 0.1) is 30.7 Å². The summed E-state index contributed by atoms with van der Waals surface area (Å²) >= 11 is 0. The number of imide groups is 1. The first kappa shape index (κ1) is 32.9. The molecule has 15 heteroatoms. The highest BCUT2D eigenvalue weighted by Crippen LogP contribution is 2.48. The van der Waals surface area contributed by atoms with Gasteiger partial charge in [-0.1, -0.05) is 32.9 Å². The SMILES string of the molecule is CCOP(=O)(COCCCC(O[Si](C)(C)C(C)(C)C)n1cnc2c(N3C(=O)c4ccccc4C3=O)nc(O)nc21)OCC. The zero-order valence-electron chi connectivity index (χ0n) is 25.7. The molecule has 0 radical (unpaired) electrons. The van der Waals surface area contributed by atoms with Gasteiger partial charge in [0.2, 0.25) is 0 Å². The first-order chi connectivity index (χ1) is 20.2. The summed E-state index contributed by atoms with van der Waals surface area (Å²) in [5, 5.41) is 10.4. The maximum absolute atomic E-state index is 13.2. The van der Waals surface area contributed by atoms with Gasteiger partial charge in [0, 0.05) is 6.61 Å². The maximum Gasteiger partial charge on any atom is 0.356 e. The molecule has 3 aromatic rings. The van der Waals surface area contributed by atoms with Crippen LogP contribution in [-0.4, -0.2) is 70.9 Å². The summed E-state index contributed by atoms with van der Waals surface area (Å²) in [5.41, 5.74) is 0.869. The van der Waals surface area contributed by atoms with Gasteiger partial charge in [0.25, 0.3) is 11.8 Å². The van der Waals surface area contributed by atoms with Gasteiger partial charge in [-0.05, 0) is 57.0 Å². The second kappa shape index (κ2) is 12.9. The number of hydrogen-bond donors (Lipinski definition) is 1. The topological polar surface area (TPSA) is 155 Å². The summed E-state index contributed by atoms with van der Waals surface area (Å²) < 4.78 is 37.5. The second-order valence-corrected chi connectivity index (χ2v) is 18.4. The van der Waals surface area contributed by atoms with E-state index in [1.165, 1.54) is 6.33 Å². The van der Waals surface area contributed by atoms with E-state index in [4.69, 9.17) is 18.2 Å². The molecule has 0 spiro atoms. The highest BCUT2D eigenvalue weighted by molar-refractivity contribution is 7.53. The number of benzene rings is 1. The fourth-order valence-electron chi connectivity index (χ4n) is 4.45. The Bertz CT molecular complexity index is 1490. The van der Waals surface area contributed by atoms with Gasteiger partial charge in [-0.2, -0.15) is 9.97 Å². The van der Waals surface area contributed by atoms with E-state index in [0.717, 1.165) is 4.90 Å². The minimum Gasteiger partial charge on any atom is -0.479 e. The van der Waals surface area contributed by atoms with Crippen molar-refractivity contribution in [3.05, 3.63) is 41.7 Å². The average Bonchev–Trinajstić information content (AvgIpc) is 3.45. The number of ether oxygens (including phenoxy) is 1. The minimum atomic E-state index is -3.34. The Kier molecular flexibility index (Phi) is 9.89. The Morgan fingerprint density at radius 2 is 1.63 bits per heavy atom. The van der Waals surface area contributed by atoms with Crippen LogP contribution in [0.4, 0.5) is 5.82 Å². The van der Waals surface area contributed by atoms with E-state index in [1.807, 2.05) is 0 Å². The third-order valence-electron chi connectivity index (χ3n) is 7.58. The lowest BCUT2D eigenvalue weighted by atomic mass is 10.1. The Labute approximate surface area is 252 Å². The molecule has 2 amide bonds. The van der Waals surface area contributed by atoms with Crippen LogP contribution in [-0.2, 0) is 22.8 Å². The van der Waals surface area contributed by atoms with Crippen molar-refractivity contribution in [2.75, 3.05) is 31.1 Å². The maximum atomic E-state index is 13.2. The van der Waals surface area contributed by atoms with E-state index >= 15 is 0 Å². The van der Waals surface area contributed by atoms with Gasteiger partial charge in [0.15, 0.2) is 25.3 Å². The van der Waals surface area contributed by atoms with Crippen LogP contribution in [0.25, 0.3) is 11.2 Å². The summed E-state index contributed by atoms with van der Waals surface area (Å²) in [7, 11) is -5.69. The Morgan fingerprint density at radius 3 is 2.19 bits per heavy atom. The number of nitrogens with zero attached hydrogens (tertiary/aromatic N) is 5. The van der Waals surface area contributed by atoms with Crippen LogP contribution in [0.2, 0.25) is 18.1 Å². The normalized spacial score (nSPS) is 15.0. The fraction of sp³-hybridized carbons (Fsp3) is 0.536. The standard InChI is InChI=1S/C28H40N5O8PSi/c1-8-39-42(37,40-9-2)18-38-16-12-15-21(41-43(6,7)28(3,4)5)32-17-29-22-23(32)30-27(36)31-24(22)33-25(34)19-13-10-11-14-20(19)26(33)35/h10-11,13-14,17,21H,8-9,12,15-16,18H2,1-7H3,(H,30,31,36). The number of aromatic nitrogens is 4. The van der Waals surface area contributed by atoms with Crippen molar-refractivity contribution in [1.82, 2.24) is 19.5 Å². The number of imidazole rings is 1. The molecule has 1 atom stereocenters. The number of hydrogen-bond acceptors (Lipinski definition) is 11. The molecule has 1 aromatic carbocycles. The minimum absolute atomic E-state index is 0.107. The summed E-state index contributed by atoms with van der Waals surface area (Å²) in [5.74, 6) is -1.22. The van der Waals surface area contributed by atoms with Gasteiger partial charge < -0.3 is 23.3 Å². The molecule has 43 heavy (non-hydrogen) atoms. The van der Waals surface area contributed by atoms with Gasteiger partial charge in [-0.3, -0.25) is 18.7 Å². The van der Waals surface area contributed by atoms with Crippen LogP contribution in [0.3, 0.4) is 0 Å². The molecule has 0 saturated heterocycles. The van der Waals surface area contributed by atoms with Crippen LogP contribution in [0.1, 0.15) is 74.4 Å². The molecule has 0 bridgehead atoms. The van der Waals surface area contributed by atoms with Crippen molar-refractivity contribution in [3.63, 3.8) is 0 Å². The van der Waals surface area contributed by atoms with E-state index in [-0.39, 0.29) is 59.3 Å². The summed E-state index contributed by atoms with van der Waals surface area (Å²) in [4.78, 5) is 40.1. The largest absolute Gasteiger partial charge is 0.479 e. The molecule has 2 aromatic heterocycles. The lowest BCUT2D eigenvalue weighted by Gasteiger charge is -2.39. The lowest BCUT2D eigenvalue weighted by molar-refractivity contribution is 0.0836. The Hall–Kier alpha value is -3.00. The molecular formula is C28H40N5O8PSi. The Morgan fingerprint density at radius 1 is 1.02 bits per heavy atom. The van der Waals surface area contributed by atoms with E-state index in [9.17, 15) is 19.3 Å². The monoisotopic (exact) mass is 633 g/mol. The highest BCUT2D eigenvalue weighted by atomic mass is 31.2. The molecular weight excluding hydrogens is 593 g/mol. The third-order valence-corrected chi connectivity index (χ3v) is 13.9. The number of amides is 2. The molecule has 1 aliphatic heterocycles. The van der Waals surface area contributed by atoms with Gasteiger partial charge in [0.1, 0.15) is 12.6 Å². The smallest absolute Gasteiger partial charge is 0.356 e. The van der Waals surface area contributed by atoms with E-state index < -0.39 is 40.0 Å². The fourth-order valence-corrected chi connectivity index (χ4v) is 7.08. The molecule has 3 heterocycles. The van der Waals surface area contributed by atoms with Crippen LogP contribution >= 0.6 is 7.60 Å². The molecule has 1 aliphatic rings. The number of carbonyl (C=O) groups is 2. The molecule has 0 aliphatic carbocycles. The summed E-state index contributed by atoms with van der Waals surface area (Å²) in [6.07, 6.45) is 1.74. The molecule has 0 fully saturated rings. The van der Waals surface area contributed by atoms with Gasteiger partial charge in [-0.15, -0.1) is 0 Å². The molecule has 4 rings (SSSR count). The summed E-state index contributed by atoms with van der Waals surface area (Å²) in [6.45, 7) is 14.8. The summed E-state index contributed by atoms with van der Waals surface area (Å²) in [6, 6.07) is 5.87. The van der Waals surface area contributed by atoms with Crippen molar-refractivity contribution in [3.8, 4) is 6.01 Å². The molecule has 0 saturated carbocycles. The Balaban J connectivity index is 1.64. The zero-order valence-corrected chi connectivity index (χ0v) is 27.6. The van der Waals surface area contributed by atoms with Crippen LogP contribution in [0.15, 0.2) is 30.6 Å². The predicted molar refractivity (Wildman–Crippen MR) is 163 cm³/mol. The van der Waals surface area contributed by atoms with Crippen molar-refractivity contribution in [2.24, 2.45) is 0 Å². The molecule has 13 nitrogen and oxygen atoms in total. The number of carbonyl (C=O) groups excluding carboxylic acids is 2. The average molecular weight is 634 g/mol. The first-order valence-corrected chi connectivity index (χ1v) is 18.9. The van der Waals surface area contributed by atoms with E-state index in [0.29, 0.717) is 12.8 Å². The van der Waals surface area contributed by atoms with Crippen molar-refractivity contribution >= 4 is 44.7 Å². The molecule has 1 unspecified atom stereocenters. The molecule has 1 N–H and O–H groups in total. The number of fused-ring (bicyclic) bond motifs is 2. The van der Waals surface area contributed by atoms with E-state index in [1.54, 1.807) is 42.7 Å². The number of rotatable bonds is 14. The van der Waals surface area contributed by atoms with Crippen molar-refractivity contribution in [2.45, 2.75) is 71.8 Å². The van der Waals surface area contributed by atoms with Gasteiger partial charge in [-0.25, -0.2) is 9.88 Å². The second-order valence-electron chi connectivity index (χ2n) is 11.6. The lowest BCUT2D eigenvalue weighted by Crippen LogP contribution is -2.42. The highest BCUT2D eigenvalue weighted by Gasteiger charge is 2.41. The quantitative estimate of drug-likeness (QED) is 0.0980. The zero-order chi connectivity index (χ0) is 31.6. The van der Waals surface area contributed by atoms with Crippen LogP contribution < -0.4 is 4.90 Å². The molecule has 234 valence electrons. The van der Waals surface area contributed by atoms with E-state index in [2.05, 4.69) is 48.8 Å². The van der Waals surface area contributed by atoms with Crippen LogP contribution in [0, 0.1) is 0 Å². The first-order valence-electron chi connectivity index (χ1n) is 14.3. The predicted octanol–water partition coefficient (Wildman–Crippen LogP) is 5.87. The third kappa shape index (κ3) is 6.89. The van der Waals surface area contributed by atoms with Gasteiger partial charge >= 0.3 is 13.6 Å². The van der Waals surface area contributed by atoms with Crippen molar-refractivity contribution < 1.29 is 37.5 Å². The number of anilines is 1.